The molecule has 0 aliphatic heterocycles. The van der Waals surface area contributed by atoms with Gasteiger partial charge < -0.3 is 0 Å². The maximum absolute atomic E-state index is 10.8. The zero-order valence-electron chi connectivity index (χ0n) is 13.1. The monoisotopic (exact) mass is 382 g/mol. The average molecular weight is 382 g/mol. The summed E-state index contributed by atoms with van der Waals surface area (Å²) in [6.45, 7) is 3.36. The molecule has 2 aromatic carbocycles. The van der Waals surface area contributed by atoms with Crippen LogP contribution < -0.4 is 0 Å². The molecule has 6 nitrogen and oxygen atoms in total. The van der Waals surface area contributed by atoms with Crippen LogP contribution in [0.1, 0.15) is 16.4 Å². The van der Waals surface area contributed by atoms with Crippen LogP contribution in [0, 0.1) is 0 Å². The van der Waals surface area contributed by atoms with E-state index in [9.17, 15) is 16.8 Å². The molecule has 0 aromatic heterocycles. The molecule has 8 heteroatoms. The van der Waals surface area contributed by atoms with E-state index in [0.29, 0.717) is 5.56 Å². The summed E-state index contributed by atoms with van der Waals surface area (Å²) in [4.78, 5) is 0. The number of hydrogen-bond donors (Lipinski definition) is 2. The molecule has 0 aliphatic rings. The molecule has 0 bridgehead atoms. The predicted molar refractivity (Wildman–Crippen MR) is 98.0 cm³/mol. The third-order valence-corrected chi connectivity index (χ3v) is 4.48. The van der Waals surface area contributed by atoms with E-state index >= 15 is 0 Å². The predicted octanol–water partition coefficient (Wildman–Crippen LogP) is 3.35. The van der Waals surface area contributed by atoms with Gasteiger partial charge in [0.25, 0.3) is 20.2 Å². The van der Waals surface area contributed by atoms with Gasteiger partial charge in [-0.25, -0.2) is 0 Å². The summed E-state index contributed by atoms with van der Waals surface area (Å²) in [7, 11) is -8.09. The standard InChI is InChI=1S/C9H10O3S.C8H8O3S/c1-2-9(13(10,11)12)8-6-4-3-5-7-8;9-12(10,11)7-6-8-4-2-1-3-5-8/h2-7,9H,1H2,(H,10,11,12);1-7H,(H,9,10,11). The molecule has 0 fully saturated rings. The van der Waals surface area contributed by atoms with Crippen molar-refractivity contribution in [2.75, 3.05) is 0 Å². The van der Waals surface area contributed by atoms with Crippen LogP contribution >= 0.6 is 0 Å². The van der Waals surface area contributed by atoms with Gasteiger partial charge in [-0.2, -0.15) is 16.8 Å². The fourth-order valence-electron chi connectivity index (χ4n) is 1.80. The maximum atomic E-state index is 10.8. The van der Waals surface area contributed by atoms with Crippen molar-refractivity contribution in [2.24, 2.45) is 0 Å². The fourth-order valence-corrected chi connectivity index (χ4v) is 2.87. The Bertz CT molecular complexity index is 902. The van der Waals surface area contributed by atoms with E-state index in [2.05, 4.69) is 6.58 Å². The molecule has 2 N–H and O–H groups in total. The summed E-state index contributed by atoms with van der Waals surface area (Å²) >= 11 is 0. The number of benzene rings is 2. The van der Waals surface area contributed by atoms with Gasteiger partial charge in [0, 0.05) is 0 Å². The second-order valence-corrected chi connectivity index (χ2v) is 7.65. The first kappa shape index (κ1) is 20.8. The van der Waals surface area contributed by atoms with Crippen molar-refractivity contribution in [1.29, 1.82) is 0 Å². The Labute approximate surface area is 147 Å². The molecule has 0 spiro atoms. The van der Waals surface area contributed by atoms with Crippen LogP contribution in [0.4, 0.5) is 0 Å². The zero-order valence-corrected chi connectivity index (χ0v) is 14.8. The minimum absolute atomic E-state index is 0.514. The van der Waals surface area contributed by atoms with E-state index < -0.39 is 25.5 Å². The lowest BCUT2D eigenvalue weighted by Crippen LogP contribution is -2.09. The van der Waals surface area contributed by atoms with Crippen molar-refractivity contribution in [3.8, 4) is 0 Å². The van der Waals surface area contributed by atoms with E-state index in [4.69, 9.17) is 9.11 Å². The van der Waals surface area contributed by atoms with Gasteiger partial charge in [0.1, 0.15) is 5.25 Å². The van der Waals surface area contributed by atoms with Crippen molar-refractivity contribution >= 4 is 26.3 Å². The maximum Gasteiger partial charge on any atom is 0.287 e. The second kappa shape index (κ2) is 9.28. The highest BCUT2D eigenvalue weighted by atomic mass is 32.2. The van der Waals surface area contributed by atoms with E-state index in [0.717, 1.165) is 11.0 Å². The van der Waals surface area contributed by atoms with Crippen molar-refractivity contribution in [1.82, 2.24) is 0 Å². The molecule has 0 aliphatic carbocycles. The van der Waals surface area contributed by atoms with Gasteiger partial charge in [0.2, 0.25) is 0 Å². The van der Waals surface area contributed by atoms with Gasteiger partial charge in [-0.3, -0.25) is 9.11 Å². The highest BCUT2D eigenvalue weighted by molar-refractivity contribution is 7.88. The lowest BCUT2D eigenvalue weighted by molar-refractivity contribution is 0.476. The fraction of sp³-hybridized carbons (Fsp3) is 0.0588. The van der Waals surface area contributed by atoms with E-state index in [1.54, 1.807) is 54.6 Å². The van der Waals surface area contributed by atoms with Crippen molar-refractivity contribution < 1.29 is 25.9 Å². The molecule has 0 heterocycles. The summed E-state index contributed by atoms with van der Waals surface area (Å²) in [5.41, 5.74) is 1.25. The van der Waals surface area contributed by atoms with Crippen molar-refractivity contribution in [2.45, 2.75) is 5.25 Å². The van der Waals surface area contributed by atoms with Gasteiger partial charge in [-0.15, -0.1) is 6.58 Å². The molecule has 0 saturated carbocycles. The van der Waals surface area contributed by atoms with Crippen LogP contribution in [0.3, 0.4) is 0 Å². The Balaban J connectivity index is 0.000000251. The molecule has 0 amide bonds. The van der Waals surface area contributed by atoms with Gasteiger partial charge in [0.05, 0.1) is 5.41 Å². The second-order valence-electron chi connectivity index (χ2n) is 4.81. The third-order valence-electron chi connectivity index (χ3n) is 2.90. The summed E-state index contributed by atoms with van der Waals surface area (Å²) in [5.74, 6) is 0. The number of rotatable bonds is 5. The first-order valence-corrected chi connectivity index (χ1v) is 9.98. The smallest absolute Gasteiger partial charge is 0.285 e. The molecule has 25 heavy (non-hydrogen) atoms. The first-order valence-electron chi connectivity index (χ1n) is 6.98. The van der Waals surface area contributed by atoms with Crippen LogP contribution in [-0.4, -0.2) is 25.9 Å². The number of hydrogen-bond acceptors (Lipinski definition) is 4. The first-order chi connectivity index (χ1) is 11.6. The molecular formula is C17H18O6S2. The average Bonchev–Trinajstić information content (AvgIpc) is 2.54. The SMILES string of the molecule is C=CC(c1ccccc1)S(=O)(=O)O.O=S(=O)(O)C=Cc1ccccc1. The Morgan fingerprint density at radius 3 is 1.72 bits per heavy atom. The molecule has 1 atom stereocenters. The molecule has 134 valence electrons. The Hall–Kier alpha value is -2.26. The largest absolute Gasteiger partial charge is 0.287 e. The van der Waals surface area contributed by atoms with Gasteiger partial charge in [-0.1, -0.05) is 66.7 Å². The van der Waals surface area contributed by atoms with E-state index in [-0.39, 0.29) is 0 Å². The van der Waals surface area contributed by atoms with Crippen molar-refractivity contribution in [3.63, 3.8) is 0 Å². The quantitative estimate of drug-likeness (QED) is 0.606. The zero-order chi connectivity index (χ0) is 18.9. The molecule has 2 rings (SSSR count). The minimum Gasteiger partial charge on any atom is -0.285 e. The van der Waals surface area contributed by atoms with E-state index in [1.807, 2.05) is 6.07 Å². The summed E-state index contributed by atoms with van der Waals surface area (Å²) in [5, 5.41) is -0.281. The lowest BCUT2D eigenvalue weighted by atomic mass is 10.1. The third kappa shape index (κ3) is 8.41. The van der Waals surface area contributed by atoms with E-state index in [1.165, 1.54) is 12.2 Å². The lowest BCUT2D eigenvalue weighted by Gasteiger charge is -2.08. The Morgan fingerprint density at radius 2 is 1.32 bits per heavy atom. The van der Waals surface area contributed by atoms with Crippen LogP contribution in [0.5, 0.6) is 0 Å². The van der Waals surface area contributed by atoms with Crippen LogP contribution in [0.2, 0.25) is 0 Å². The molecule has 2 aromatic rings. The van der Waals surface area contributed by atoms with Crippen LogP contribution in [-0.2, 0) is 20.2 Å². The Kier molecular flexibility index (Phi) is 7.72. The van der Waals surface area contributed by atoms with Gasteiger partial charge >= 0.3 is 0 Å². The summed E-state index contributed by atoms with van der Waals surface area (Å²) in [6, 6.07) is 17.3. The van der Waals surface area contributed by atoms with Gasteiger partial charge in [0.15, 0.2) is 0 Å². The Morgan fingerprint density at radius 1 is 0.840 bits per heavy atom. The summed E-state index contributed by atoms with van der Waals surface area (Å²) in [6.07, 6.45) is 2.53. The minimum atomic E-state index is -4.09. The normalized spacial score (nSPS) is 12.9. The highest BCUT2D eigenvalue weighted by Crippen LogP contribution is 2.21. The summed E-state index contributed by atoms with van der Waals surface area (Å²) < 4.78 is 59.4. The molecular weight excluding hydrogens is 364 g/mol. The van der Waals surface area contributed by atoms with Crippen LogP contribution in [0.25, 0.3) is 6.08 Å². The highest BCUT2D eigenvalue weighted by Gasteiger charge is 2.20. The molecule has 1 unspecified atom stereocenters. The molecule has 0 saturated heterocycles. The molecule has 0 radical (unpaired) electrons. The van der Waals surface area contributed by atoms with Crippen LogP contribution in [0.15, 0.2) is 78.7 Å². The topological polar surface area (TPSA) is 109 Å². The van der Waals surface area contributed by atoms with Crippen molar-refractivity contribution in [3.05, 3.63) is 89.9 Å². The van der Waals surface area contributed by atoms with Gasteiger partial charge in [-0.05, 0) is 17.2 Å².